The minimum atomic E-state index is -0.111. The van der Waals surface area contributed by atoms with Gasteiger partial charge in [0.15, 0.2) is 0 Å². The number of nitrogens with zero attached hydrogens (tertiary/aromatic N) is 4. The average molecular weight is 423 g/mol. The maximum atomic E-state index is 12.1. The molecule has 0 bridgehead atoms. The second-order valence-electron chi connectivity index (χ2n) is 7.51. The lowest BCUT2D eigenvalue weighted by molar-refractivity contribution is -0.148. The Bertz CT molecular complexity index is 1120. The highest BCUT2D eigenvalue weighted by molar-refractivity contribution is 6.32. The third-order valence-corrected chi connectivity index (χ3v) is 5.98. The Morgan fingerprint density at radius 2 is 1.97 bits per heavy atom. The van der Waals surface area contributed by atoms with Gasteiger partial charge in [0.05, 0.1) is 35.2 Å². The van der Waals surface area contributed by atoms with Crippen molar-refractivity contribution in [2.75, 3.05) is 24.6 Å². The highest BCUT2D eigenvalue weighted by Gasteiger charge is 2.29. The number of ether oxygens (including phenoxy) is 1. The van der Waals surface area contributed by atoms with E-state index in [2.05, 4.69) is 15.5 Å². The molecule has 0 N–H and O–H groups in total. The molecule has 1 fully saturated rings. The largest absolute Gasteiger partial charge is 0.466 e. The highest BCUT2D eigenvalue weighted by atomic mass is 35.5. The van der Waals surface area contributed by atoms with Gasteiger partial charge in [0.2, 0.25) is 5.95 Å². The van der Waals surface area contributed by atoms with Crippen molar-refractivity contribution in [2.24, 2.45) is 5.92 Å². The van der Waals surface area contributed by atoms with E-state index < -0.39 is 0 Å². The number of imidazole rings is 1. The van der Waals surface area contributed by atoms with E-state index in [0.717, 1.165) is 54.2 Å². The predicted octanol–water partition coefficient (Wildman–Crippen LogP) is 4.64. The average Bonchev–Trinajstić information content (AvgIpc) is 3.12. The van der Waals surface area contributed by atoms with Crippen LogP contribution in [0.2, 0.25) is 5.02 Å². The van der Waals surface area contributed by atoms with Gasteiger partial charge in [0.1, 0.15) is 0 Å². The topological polar surface area (TPSA) is 71.2 Å². The van der Waals surface area contributed by atoms with Crippen molar-refractivity contribution in [2.45, 2.75) is 26.7 Å². The molecule has 3 aromatic rings. The lowest BCUT2D eigenvalue weighted by Gasteiger charge is -2.32. The van der Waals surface area contributed by atoms with Crippen LogP contribution in [-0.4, -0.2) is 35.2 Å². The number of rotatable bonds is 4. The lowest BCUT2D eigenvalue weighted by Crippen LogP contribution is -2.38. The predicted molar refractivity (Wildman–Crippen MR) is 117 cm³/mol. The molecule has 0 saturated carbocycles. The Morgan fingerprint density at radius 3 is 2.60 bits per heavy atom. The summed E-state index contributed by atoms with van der Waals surface area (Å²) in [6.45, 7) is 5.65. The van der Waals surface area contributed by atoms with Crippen LogP contribution in [0.4, 0.5) is 5.95 Å². The highest BCUT2D eigenvalue weighted by Crippen LogP contribution is 2.33. The van der Waals surface area contributed by atoms with Gasteiger partial charge in [-0.2, -0.15) is 5.26 Å². The Hall–Kier alpha value is -3.04. The first-order valence-corrected chi connectivity index (χ1v) is 10.5. The lowest BCUT2D eigenvalue weighted by atomic mass is 9.97. The van der Waals surface area contributed by atoms with Crippen LogP contribution in [0.25, 0.3) is 16.7 Å². The normalized spacial score (nSPS) is 14.7. The number of carbonyl (C=O) groups is 1. The van der Waals surface area contributed by atoms with Crippen LogP contribution in [0.5, 0.6) is 0 Å². The summed E-state index contributed by atoms with van der Waals surface area (Å²) in [5, 5.41) is 9.81. The van der Waals surface area contributed by atoms with E-state index in [1.54, 1.807) is 12.1 Å². The van der Waals surface area contributed by atoms with E-state index in [0.29, 0.717) is 17.2 Å². The number of esters is 1. The number of aryl methyl sites for hydroxylation is 1. The molecule has 6 nitrogen and oxygen atoms in total. The number of hydrogen-bond donors (Lipinski definition) is 0. The van der Waals surface area contributed by atoms with Crippen molar-refractivity contribution < 1.29 is 9.53 Å². The van der Waals surface area contributed by atoms with E-state index in [-0.39, 0.29) is 11.9 Å². The SMILES string of the molecule is CCOC(=O)C1CCN(c2nc3cc(Cl)c(C)cc3n2-c2ccc(C#N)cc2)CC1. The molecule has 1 aliphatic rings. The molecular weight excluding hydrogens is 400 g/mol. The number of benzene rings is 2. The zero-order valence-electron chi connectivity index (χ0n) is 17.1. The summed E-state index contributed by atoms with van der Waals surface area (Å²) < 4.78 is 7.29. The number of anilines is 1. The van der Waals surface area contributed by atoms with Crippen LogP contribution in [0.3, 0.4) is 0 Å². The molecule has 0 aliphatic carbocycles. The first kappa shape index (κ1) is 20.2. The number of hydrogen-bond acceptors (Lipinski definition) is 5. The molecule has 0 unspecified atom stereocenters. The molecule has 0 atom stereocenters. The van der Waals surface area contributed by atoms with E-state index in [9.17, 15) is 4.79 Å². The van der Waals surface area contributed by atoms with Crippen LogP contribution in [0, 0.1) is 24.2 Å². The summed E-state index contributed by atoms with van der Waals surface area (Å²) in [7, 11) is 0. The summed E-state index contributed by atoms with van der Waals surface area (Å²) in [4.78, 5) is 19.2. The molecule has 0 spiro atoms. The maximum absolute atomic E-state index is 12.1. The van der Waals surface area contributed by atoms with E-state index in [4.69, 9.17) is 26.6 Å². The Balaban J connectivity index is 1.74. The number of piperidine rings is 1. The van der Waals surface area contributed by atoms with E-state index in [1.807, 2.05) is 38.1 Å². The number of fused-ring (bicyclic) bond motifs is 1. The number of carbonyl (C=O) groups excluding carboxylic acids is 1. The van der Waals surface area contributed by atoms with Crippen molar-refractivity contribution in [1.29, 1.82) is 5.26 Å². The summed E-state index contributed by atoms with van der Waals surface area (Å²) in [6.07, 6.45) is 1.46. The Labute approximate surface area is 180 Å². The summed E-state index contributed by atoms with van der Waals surface area (Å²) >= 11 is 6.35. The van der Waals surface area contributed by atoms with Gasteiger partial charge in [0.25, 0.3) is 0 Å². The van der Waals surface area contributed by atoms with E-state index >= 15 is 0 Å². The fourth-order valence-corrected chi connectivity index (χ4v) is 4.07. The van der Waals surface area contributed by atoms with Crippen molar-refractivity contribution in [3.8, 4) is 11.8 Å². The molecule has 2 heterocycles. The van der Waals surface area contributed by atoms with Gasteiger partial charge < -0.3 is 9.64 Å². The fraction of sp³-hybridized carbons (Fsp3) is 0.348. The smallest absolute Gasteiger partial charge is 0.309 e. The minimum Gasteiger partial charge on any atom is -0.466 e. The first-order valence-electron chi connectivity index (χ1n) is 10.1. The first-order chi connectivity index (χ1) is 14.5. The van der Waals surface area contributed by atoms with Gasteiger partial charge in [-0.1, -0.05) is 11.6 Å². The third kappa shape index (κ3) is 3.73. The molecule has 154 valence electrons. The Morgan fingerprint density at radius 1 is 1.27 bits per heavy atom. The standard InChI is InChI=1S/C23H23ClN4O2/c1-3-30-22(29)17-8-10-27(11-9-17)23-26-20-13-19(24)15(2)12-21(20)28(23)18-6-4-16(14-25)5-7-18/h4-7,12-13,17H,3,8-11H2,1-2H3. The number of nitriles is 1. The number of aromatic nitrogens is 2. The molecule has 2 aromatic carbocycles. The van der Waals surface area contributed by atoms with Gasteiger partial charge in [-0.3, -0.25) is 9.36 Å². The van der Waals surface area contributed by atoms with Gasteiger partial charge in [-0.05, 0) is 68.7 Å². The second-order valence-corrected chi connectivity index (χ2v) is 7.92. The van der Waals surface area contributed by atoms with Gasteiger partial charge in [-0.25, -0.2) is 4.98 Å². The zero-order valence-corrected chi connectivity index (χ0v) is 17.8. The minimum absolute atomic E-state index is 0.0642. The van der Waals surface area contributed by atoms with Crippen LogP contribution < -0.4 is 4.90 Å². The van der Waals surface area contributed by atoms with Crippen LogP contribution in [0.1, 0.15) is 30.9 Å². The summed E-state index contributed by atoms with van der Waals surface area (Å²) in [5.74, 6) is 0.643. The van der Waals surface area contributed by atoms with Crippen molar-refractivity contribution in [1.82, 2.24) is 9.55 Å². The summed E-state index contributed by atoms with van der Waals surface area (Å²) in [5.41, 5.74) is 4.30. The third-order valence-electron chi connectivity index (χ3n) is 5.57. The molecule has 0 amide bonds. The zero-order chi connectivity index (χ0) is 21.3. The quantitative estimate of drug-likeness (QED) is 0.573. The van der Waals surface area contributed by atoms with Crippen LogP contribution >= 0.6 is 11.6 Å². The van der Waals surface area contributed by atoms with Gasteiger partial charge in [0, 0.05) is 23.8 Å². The molecule has 1 aromatic heterocycles. The van der Waals surface area contributed by atoms with Crippen molar-refractivity contribution in [3.63, 3.8) is 0 Å². The van der Waals surface area contributed by atoms with Crippen molar-refractivity contribution >= 4 is 34.6 Å². The second kappa shape index (κ2) is 8.37. The molecule has 30 heavy (non-hydrogen) atoms. The van der Waals surface area contributed by atoms with Crippen LogP contribution in [0.15, 0.2) is 36.4 Å². The summed E-state index contributed by atoms with van der Waals surface area (Å²) in [6, 6.07) is 13.6. The molecule has 1 saturated heterocycles. The fourth-order valence-electron chi connectivity index (χ4n) is 3.92. The van der Waals surface area contributed by atoms with E-state index in [1.165, 1.54) is 0 Å². The molecule has 7 heteroatoms. The maximum Gasteiger partial charge on any atom is 0.309 e. The van der Waals surface area contributed by atoms with Gasteiger partial charge in [-0.15, -0.1) is 0 Å². The van der Waals surface area contributed by atoms with Crippen LogP contribution in [-0.2, 0) is 9.53 Å². The van der Waals surface area contributed by atoms with Crippen molar-refractivity contribution in [3.05, 3.63) is 52.5 Å². The monoisotopic (exact) mass is 422 g/mol. The molecule has 1 aliphatic heterocycles. The number of halogens is 1. The molecule has 4 rings (SSSR count). The molecular formula is C23H23ClN4O2. The van der Waals surface area contributed by atoms with Gasteiger partial charge >= 0.3 is 5.97 Å². The Kier molecular flexibility index (Phi) is 5.65. The molecule has 0 radical (unpaired) electrons.